The third-order valence-corrected chi connectivity index (χ3v) is 2.74. The van der Waals surface area contributed by atoms with Crippen molar-refractivity contribution in [1.82, 2.24) is 9.55 Å². The van der Waals surface area contributed by atoms with Gasteiger partial charge in [-0.2, -0.15) is 0 Å². The second-order valence-electron chi connectivity index (χ2n) is 2.71. The third-order valence-electron chi connectivity index (χ3n) is 1.89. The van der Waals surface area contributed by atoms with Crippen molar-refractivity contribution in [3.05, 3.63) is 28.8 Å². The van der Waals surface area contributed by atoms with Gasteiger partial charge in [0.05, 0.1) is 23.1 Å². The highest BCUT2D eigenvalue weighted by molar-refractivity contribution is 7.12. The molecule has 13 heavy (non-hydrogen) atoms. The molecule has 66 valence electrons. The minimum Gasteiger partial charge on any atom is -0.334 e. The van der Waals surface area contributed by atoms with E-state index in [1.54, 1.807) is 12.5 Å². The smallest absolute Gasteiger partial charge is 0.160 e. The minimum atomic E-state index is 0.753. The predicted octanol–water partition coefficient (Wildman–Crippen LogP) is 1.96. The molecule has 0 bridgehead atoms. The molecule has 0 radical (unpaired) electrons. The number of aryl methyl sites for hydroxylation is 1. The molecule has 3 nitrogen and oxygen atoms in total. The second-order valence-corrected chi connectivity index (χ2v) is 3.65. The van der Waals surface area contributed by atoms with Gasteiger partial charge in [0.2, 0.25) is 0 Å². The largest absolute Gasteiger partial charge is 0.334 e. The van der Waals surface area contributed by atoms with Gasteiger partial charge in [0.1, 0.15) is 0 Å². The Morgan fingerprint density at radius 2 is 2.46 bits per heavy atom. The van der Waals surface area contributed by atoms with Crippen LogP contribution in [0.15, 0.2) is 24.0 Å². The van der Waals surface area contributed by atoms with Crippen molar-refractivity contribution in [1.29, 1.82) is 0 Å². The Labute approximate surface area is 79.7 Å². The van der Waals surface area contributed by atoms with E-state index >= 15 is 0 Å². The zero-order valence-corrected chi connectivity index (χ0v) is 7.91. The first-order valence-corrected chi connectivity index (χ1v) is 4.70. The van der Waals surface area contributed by atoms with Gasteiger partial charge >= 0.3 is 0 Å². The minimum absolute atomic E-state index is 0.753. The van der Waals surface area contributed by atoms with Crippen molar-refractivity contribution in [2.24, 2.45) is 7.05 Å². The normalized spacial score (nSPS) is 10.2. The van der Waals surface area contributed by atoms with E-state index < -0.39 is 0 Å². The van der Waals surface area contributed by atoms with E-state index in [4.69, 9.17) is 0 Å². The molecule has 0 aliphatic rings. The van der Waals surface area contributed by atoms with Crippen LogP contribution >= 0.6 is 11.3 Å². The zero-order valence-electron chi connectivity index (χ0n) is 7.10. The quantitative estimate of drug-likeness (QED) is 0.682. The van der Waals surface area contributed by atoms with Crippen LogP contribution in [-0.4, -0.2) is 15.8 Å². The number of carbonyl (C=O) groups excluding carboxylic acids is 1. The van der Waals surface area contributed by atoms with Crippen LogP contribution in [0.5, 0.6) is 0 Å². The fraction of sp³-hybridized carbons (Fsp3) is 0.111. The van der Waals surface area contributed by atoms with Gasteiger partial charge in [-0.3, -0.25) is 4.79 Å². The molecule has 2 heterocycles. The number of carbonyl (C=O) groups is 1. The van der Waals surface area contributed by atoms with Crippen molar-refractivity contribution in [3.63, 3.8) is 0 Å². The Morgan fingerprint density at radius 1 is 1.62 bits per heavy atom. The maximum absolute atomic E-state index is 10.7. The lowest BCUT2D eigenvalue weighted by molar-refractivity contribution is 0.112. The molecule has 0 spiro atoms. The number of rotatable bonds is 2. The summed E-state index contributed by atoms with van der Waals surface area (Å²) in [4.78, 5) is 15.4. The summed E-state index contributed by atoms with van der Waals surface area (Å²) in [7, 11) is 1.91. The van der Waals surface area contributed by atoms with Crippen molar-refractivity contribution < 1.29 is 4.79 Å². The number of thiophene rings is 1. The Morgan fingerprint density at radius 3 is 3.08 bits per heavy atom. The number of aromatic nitrogens is 2. The van der Waals surface area contributed by atoms with Crippen LogP contribution < -0.4 is 0 Å². The maximum atomic E-state index is 10.7. The predicted molar refractivity (Wildman–Crippen MR) is 51.9 cm³/mol. The number of hydrogen-bond acceptors (Lipinski definition) is 3. The van der Waals surface area contributed by atoms with Gasteiger partial charge in [0.25, 0.3) is 0 Å². The maximum Gasteiger partial charge on any atom is 0.160 e. The molecule has 0 N–H and O–H groups in total. The van der Waals surface area contributed by atoms with Crippen LogP contribution in [0.25, 0.3) is 11.3 Å². The Kier molecular flexibility index (Phi) is 1.98. The van der Waals surface area contributed by atoms with Gasteiger partial charge in [0, 0.05) is 12.6 Å². The van der Waals surface area contributed by atoms with Gasteiger partial charge < -0.3 is 4.57 Å². The van der Waals surface area contributed by atoms with Crippen LogP contribution in [-0.2, 0) is 7.05 Å². The summed E-state index contributed by atoms with van der Waals surface area (Å²) in [6.45, 7) is 0. The molecule has 2 rings (SSSR count). The van der Waals surface area contributed by atoms with E-state index in [2.05, 4.69) is 4.98 Å². The lowest BCUT2D eigenvalue weighted by atomic mass is 10.2. The van der Waals surface area contributed by atoms with Gasteiger partial charge in [-0.15, -0.1) is 11.3 Å². The second kappa shape index (κ2) is 3.14. The van der Waals surface area contributed by atoms with Gasteiger partial charge in [-0.1, -0.05) is 0 Å². The van der Waals surface area contributed by atoms with Crippen LogP contribution in [0.4, 0.5) is 0 Å². The first kappa shape index (κ1) is 8.19. The van der Waals surface area contributed by atoms with Crippen molar-refractivity contribution in [2.75, 3.05) is 0 Å². The first-order valence-electron chi connectivity index (χ1n) is 3.82. The highest BCUT2D eigenvalue weighted by Crippen LogP contribution is 2.25. The number of hydrogen-bond donors (Lipinski definition) is 0. The summed E-state index contributed by atoms with van der Waals surface area (Å²) in [6, 6.07) is 1.94. The summed E-state index contributed by atoms with van der Waals surface area (Å²) >= 11 is 1.45. The summed E-state index contributed by atoms with van der Waals surface area (Å²) in [5.41, 5.74) is 1.93. The fourth-order valence-electron chi connectivity index (χ4n) is 1.24. The Balaban J connectivity index is 2.58. The molecule has 0 aliphatic carbocycles. The first-order chi connectivity index (χ1) is 6.33. The van der Waals surface area contributed by atoms with E-state index in [0.29, 0.717) is 0 Å². The molecular formula is C9H8N2OS. The van der Waals surface area contributed by atoms with E-state index in [1.165, 1.54) is 11.3 Å². The van der Waals surface area contributed by atoms with E-state index in [0.717, 1.165) is 22.4 Å². The summed E-state index contributed by atoms with van der Waals surface area (Å²) in [5.74, 6) is 0. The van der Waals surface area contributed by atoms with Crippen LogP contribution in [0, 0.1) is 0 Å². The van der Waals surface area contributed by atoms with Crippen LogP contribution in [0.2, 0.25) is 0 Å². The summed E-state index contributed by atoms with van der Waals surface area (Å²) < 4.78 is 1.90. The Bertz CT molecular complexity index is 430. The van der Waals surface area contributed by atoms with Crippen molar-refractivity contribution in [2.45, 2.75) is 0 Å². The van der Waals surface area contributed by atoms with Crippen LogP contribution in [0.3, 0.4) is 0 Å². The molecule has 2 aromatic rings. The van der Waals surface area contributed by atoms with Crippen molar-refractivity contribution >= 4 is 17.6 Å². The summed E-state index contributed by atoms with van der Waals surface area (Å²) in [6.07, 6.45) is 4.36. The standard InChI is InChI=1S/C9H8N2OS/c1-11-6-10-4-8(11)7-2-3-13-9(7)5-12/h2-6H,1H3. The average molecular weight is 192 g/mol. The number of imidazole rings is 1. The lowest BCUT2D eigenvalue weighted by Gasteiger charge is -1.98. The van der Waals surface area contributed by atoms with E-state index in [9.17, 15) is 4.79 Å². The molecule has 0 saturated heterocycles. The molecule has 0 unspecified atom stereocenters. The molecule has 0 fully saturated rings. The third kappa shape index (κ3) is 1.29. The molecule has 0 saturated carbocycles. The Hall–Kier alpha value is -1.42. The molecule has 0 aliphatic heterocycles. The SMILES string of the molecule is Cn1cncc1-c1ccsc1C=O. The molecular weight excluding hydrogens is 184 g/mol. The van der Waals surface area contributed by atoms with Gasteiger partial charge in [0.15, 0.2) is 6.29 Å². The van der Waals surface area contributed by atoms with E-state index in [1.807, 2.05) is 23.1 Å². The van der Waals surface area contributed by atoms with Crippen LogP contribution in [0.1, 0.15) is 9.67 Å². The van der Waals surface area contributed by atoms with Gasteiger partial charge in [-0.05, 0) is 11.4 Å². The average Bonchev–Trinajstić information content (AvgIpc) is 2.71. The van der Waals surface area contributed by atoms with Gasteiger partial charge in [-0.25, -0.2) is 4.98 Å². The fourth-order valence-corrected chi connectivity index (χ4v) is 1.95. The number of aldehydes is 1. The number of nitrogens with zero attached hydrogens (tertiary/aromatic N) is 2. The highest BCUT2D eigenvalue weighted by atomic mass is 32.1. The molecule has 0 atom stereocenters. The zero-order chi connectivity index (χ0) is 9.26. The molecule has 2 aromatic heterocycles. The molecule has 0 amide bonds. The van der Waals surface area contributed by atoms with E-state index in [-0.39, 0.29) is 0 Å². The van der Waals surface area contributed by atoms with Crippen molar-refractivity contribution in [3.8, 4) is 11.3 Å². The molecule has 0 aromatic carbocycles. The monoisotopic (exact) mass is 192 g/mol. The molecule has 4 heteroatoms. The summed E-state index contributed by atoms with van der Waals surface area (Å²) in [5, 5.41) is 1.91. The lowest BCUT2D eigenvalue weighted by Crippen LogP contribution is -1.89. The highest BCUT2D eigenvalue weighted by Gasteiger charge is 2.08. The topological polar surface area (TPSA) is 34.9 Å².